The third kappa shape index (κ3) is 3.00. The zero-order chi connectivity index (χ0) is 19.1. The minimum atomic E-state index is -0.920. The number of carbonyl (C=O) groups is 1. The molecular weight excluding hydrogens is 350 g/mol. The fourth-order valence-corrected chi connectivity index (χ4v) is 3.68. The number of aliphatic hydroxyl groups is 1. The van der Waals surface area contributed by atoms with Crippen LogP contribution in [0.5, 0.6) is 0 Å². The van der Waals surface area contributed by atoms with Gasteiger partial charge in [-0.1, -0.05) is 35.9 Å². The maximum absolute atomic E-state index is 12.7. The van der Waals surface area contributed by atoms with Crippen molar-refractivity contribution in [3.05, 3.63) is 63.9 Å². The zero-order valence-electron chi connectivity index (χ0n) is 15.3. The summed E-state index contributed by atoms with van der Waals surface area (Å²) in [7, 11) is 1.54. The van der Waals surface area contributed by atoms with Gasteiger partial charge in [0.15, 0.2) is 0 Å². The smallest absolute Gasteiger partial charge is 0.256 e. The first-order valence-corrected chi connectivity index (χ1v) is 8.78. The van der Waals surface area contributed by atoms with Crippen LogP contribution in [0.2, 0.25) is 5.02 Å². The lowest BCUT2D eigenvalue weighted by Crippen LogP contribution is -2.45. The number of rotatable bonds is 4. The molecule has 4 nitrogen and oxygen atoms in total. The summed E-state index contributed by atoms with van der Waals surface area (Å²) in [6.45, 7) is 5.85. The number of methoxy groups -OCH3 is 1. The van der Waals surface area contributed by atoms with Crippen LogP contribution in [0.25, 0.3) is 16.7 Å². The van der Waals surface area contributed by atoms with Crippen molar-refractivity contribution in [2.45, 2.75) is 26.3 Å². The average molecular weight is 372 g/mol. The molecule has 136 valence electrons. The largest absolute Gasteiger partial charge is 0.509 e. The summed E-state index contributed by atoms with van der Waals surface area (Å²) in [6, 6.07) is 11.6. The topological polar surface area (TPSA) is 58.6 Å². The third-order valence-corrected chi connectivity index (χ3v) is 5.14. The SMILES string of the molecule is COCC1(C)NC(=O)C(c2c(C)ccc(-c3ccc(Cl)cc3)c2C)=C1O. The fraction of sp³-hybridized carbons (Fsp3) is 0.286. The highest BCUT2D eigenvalue weighted by molar-refractivity contribution is 6.30. The Hall–Kier alpha value is -2.30. The average Bonchev–Trinajstić information content (AvgIpc) is 2.80. The van der Waals surface area contributed by atoms with Crippen LogP contribution in [-0.2, 0) is 9.53 Å². The summed E-state index contributed by atoms with van der Waals surface area (Å²) in [5, 5.41) is 14.3. The van der Waals surface area contributed by atoms with Gasteiger partial charge in [-0.15, -0.1) is 0 Å². The molecule has 0 radical (unpaired) electrons. The molecule has 0 fully saturated rings. The second-order valence-electron chi connectivity index (χ2n) is 6.88. The van der Waals surface area contributed by atoms with Crippen molar-refractivity contribution < 1.29 is 14.6 Å². The van der Waals surface area contributed by atoms with E-state index < -0.39 is 5.54 Å². The van der Waals surface area contributed by atoms with Gasteiger partial charge in [0.2, 0.25) is 0 Å². The van der Waals surface area contributed by atoms with Gasteiger partial charge in [0, 0.05) is 12.1 Å². The molecule has 3 rings (SSSR count). The Labute approximate surface area is 158 Å². The maximum Gasteiger partial charge on any atom is 0.256 e. The van der Waals surface area contributed by atoms with Crippen molar-refractivity contribution in [3.8, 4) is 11.1 Å². The van der Waals surface area contributed by atoms with E-state index in [0.717, 1.165) is 27.8 Å². The molecular formula is C21H22ClNO3. The van der Waals surface area contributed by atoms with Crippen LogP contribution < -0.4 is 5.32 Å². The molecule has 5 heteroatoms. The first-order valence-electron chi connectivity index (χ1n) is 8.40. The molecule has 0 aromatic heterocycles. The van der Waals surface area contributed by atoms with Crippen LogP contribution >= 0.6 is 11.6 Å². The van der Waals surface area contributed by atoms with Crippen molar-refractivity contribution >= 4 is 23.1 Å². The number of aliphatic hydroxyl groups excluding tert-OH is 1. The number of hydrogen-bond acceptors (Lipinski definition) is 3. The molecule has 0 bridgehead atoms. The van der Waals surface area contributed by atoms with Crippen LogP contribution in [0, 0.1) is 13.8 Å². The van der Waals surface area contributed by atoms with Crippen molar-refractivity contribution in [1.82, 2.24) is 5.32 Å². The number of aryl methyl sites for hydroxylation is 1. The zero-order valence-corrected chi connectivity index (χ0v) is 16.1. The number of hydrogen-bond donors (Lipinski definition) is 2. The second kappa shape index (κ2) is 6.78. The van der Waals surface area contributed by atoms with Crippen molar-refractivity contribution in [2.75, 3.05) is 13.7 Å². The Morgan fingerprint density at radius 1 is 1.15 bits per heavy atom. The standard InChI is InChI=1S/C21H22ClNO3/c1-12-5-10-16(14-6-8-15(22)9-7-14)13(2)17(12)18-19(24)21(3,11-26-4)23-20(18)25/h5-10,24H,11H2,1-4H3,(H,23,25). The molecule has 1 amide bonds. The second-order valence-corrected chi connectivity index (χ2v) is 7.32. The van der Waals surface area contributed by atoms with E-state index in [0.29, 0.717) is 10.6 Å². The summed E-state index contributed by atoms with van der Waals surface area (Å²) in [4.78, 5) is 12.7. The maximum atomic E-state index is 12.7. The molecule has 2 aromatic carbocycles. The molecule has 1 aliphatic rings. The number of nitrogens with one attached hydrogen (secondary N) is 1. The molecule has 0 saturated carbocycles. The van der Waals surface area contributed by atoms with Gasteiger partial charge in [0.1, 0.15) is 11.3 Å². The summed E-state index contributed by atoms with van der Waals surface area (Å²) in [6.07, 6.45) is 0. The van der Waals surface area contributed by atoms with Gasteiger partial charge in [0.05, 0.1) is 12.2 Å². The van der Waals surface area contributed by atoms with E-state index in [-0.39, 0.29) is 18.3 Å². The van der Waals surface area contributed by atoms with Gasteiger partial charge < -0.3 is 15.2 Å². The lowest BCUT2D eigenvalue weighted by atomic mass is 9.88. The van der Waals surface area contributed by atoms with E-state index in [1.165, 1.54) is 0 Å². The van der Waals surface area contributed by atoms with Gasteiger partial charge in [0.25, 0.3) is 5.91 Å². The Balaban J connectivity index is 2.20. The normalized spacial score (nSPS) is 19.8. The minimum absolute atomic E-state index is 0.0174. The number of amides is 1. The molecule has 2 aromatic rings. The van der Waals surface area contributed by atoms with Crippen molar-refractivity contribution in [3.63, 3.8) is 0 Å². The van der Waals surface area contributed by atoms with E-state index in [4.69, 9.17) is 16.3 Å². The van der Waals surface area contributed by atoms with Crippen LogP contribution in [0.15, 0.2) is 42.2 Å². The number of carbonyl (C=O) groups excluding carboxylic acids is 1. The molecule has 2 N–H and O–H groups in total. The molecule has 1 heterocycles. The predicted molar refractivity (Wildman–Crippen MR) is 104 cm³/mol. The van der Waals surface area contributed by atoms with E-state index in [2.05, 4.69) is 5.32 Å². The molecule has 26 heavy (non-hydrogen) atoms. The quantitative estimate of drug-likeness (QED) is 0.835. The van der Waals surface area contributed by atoms with Gasteiger partial charge in [-0.2, -0.15) is 0 Å². The first-order chi connectivity index (χ1) is 12.3. The molecule has 0 aliphatic carbocycles. The molecule has 0 spiro atoms. The predicted octanol–water partition coefficient (Wildman–Crippen LogP) is 4.43. The highest BCUT2D eigenvalue weighted by Gasteiger charge is 2.43. The van der Waals surface area contributed by atoms with E-state index in [9.17, 15) is 9.90 Å². The molecule has 0 saturated heterocycles. The van der Waals surface area contributed by atoms with E-state index in [1.54, 1.807) is 14.0 Å². The first kappa shape index (κ1) is 18.5. The third-order valence-electron chi connectivity index (χ3n) is 4.89. The molecule has 1 unspecified atom stereocenters. The Morgan fingerprint density at radius 3 is 2.42 bits per heavy atom. The summed E-state index contributed by atoms with van der Waals surface area (Å²) in [5.41, 5.74) is 4.02. The van der Waals surface area contributed by atoms with Crippen LogP contribution in [0.1, 0.15) is 23.6 Å². The minimum Gasteiger partial charge on any atom is -0.509 e. The lowest BCUT2D eigenvalue weighted by Gasteiger charge is -2.23. The number of ether oxygens (including phenoxy) is 1. The van der Waals surface area contributed by atoms with Crippen LogP contribution in [0.3, 0.4) is 0 Å². The lowest BCUT2D eigenvalue weighted by molar-refractivity contribution is -0.116. The van der Waals surface area contributed by atoms with Gasteiger partial charge in [-0.3, -0.25) is 4.79 Å². The van der Waals surface area contributed by atoms with Crippen molar-refractivity contribution in [2.24, 2.45) is 0 Å². The fourth-order valence-electron chi connectivity index (χ4n) is 3.55. The highest BCUT2D eigenvalue weighted by Crippen LogP contribution is 2.38. The summed E-state index contributed by atoms with van der Waals surface area (Å²) in [5.74, 6) is -0.273. The summed E-state index contributed by atoms with van der Waals surface area (Å²) >= 11 is 5.99. The molecule has 1 aliphatic heterocycles. The summed E-state index contributed by atoms with van der Waals surface area (Å²) < 4.78 is 5.18. The van der Waals surface area contributed by atoms with E-state index >= 15 is 0 Å². The molecule has 1 atom stereocenters. The Bertz CT molecular complexity index is 902. The van der Waals surface area contributed by atoms with Gasteiger partial charge >= 0.3 is 0 Å². The van der Waals surface area contributed by atoms with Crippen molar-refractivity contribution in [1.29, 1.82) is 0 Å². The van der Waals surface area contributed by atoms with Crippen LogP contribution in [-0.4, -0.2) is 30.3 Å². The highest BCUT2D eigenvalue weighted by atomic mass is 35.5. The Morgan fingerprint density at radius 2 is 1.81 bits per heavy atom. The van der Waals surface area contributed by atoms with Gasteiger partial charge in [-0.25, -0.2) is 0 Å². The van der Waals surface area contributed by atoms with Gasteiger partial charge in [-0.05, 0) is 60.7 Å². The van der Waals surface area contributed by atoms with Crippen LogP contribution in [0.4, 0.5) is 0 Å². The number of benzene rings is 2. The monoisotopic (exact) mass is 371 g/mol. The number of halogens is 1. The van der Waals surface area contributed by atoms with E-state index in [1.807, 2.05) is 50.2 Å². The Kier molecular flexibility index (Phi) is 4.82.